The average molecular weight is 300 g/mol. The Kier molecular flexibility index (Phi) is 4.98. The first kappa shape index (κ1) is 13.0. The molecule has 1 N–H and O–H groups in total. The van der Waals surface area contributed by atoms with E-state index in [0.717, 1.165) is 11.0 Å². The van der Waals surface area contributed by atoms with Gasteiger partial charge in [-0.2, -0.15) is 0 Å². The lowest BCUT2D eigenvalue weighted by Gasteiger charge is -2.31. The van der Waals surface area contributed by atoms with E-state index in [1.54, 1.807) is 0 Å². The van der Waals surface area contributed by atoms with Crippen molar-refractivity contribution in [2.45, 2.75) is 19.1 Å². The lowest BCUT2D eigenvalue weighted by molar-refractivity contribution is -0.102. The van der Waals surface area contributed by atoms with Crippen LogP contribution in [0.25, 0.3) is 0 Å². The zero-order valence-corrected chi connectivity index (χ0v) is 11.6. The van der Waals surface area contributed by atoms with E-state index in [9.17, 15) is 0 Å². The summed E-state index contributed by atoms with van der Waals surface area (Å²) in [7, 11) is 0. The number of benzene rings is 1. The van der Waals surface area contributed by atoms with Gasteiger partial charge < -0.3 is 14.8 Å². The minimum atomic E-state index is 0.102. The van der Waals surface area contributed by atoms with Crippen LogP contribution in [0.4, 0.5) is 0 Å². The van der Waals surface area contributed by atoms with E-state index in [-0.39, 0.29) is 12.1 Å². The maximum absolute atomic E-state index is 5.78. The fourth-order valence-electron chi connectivity index (χ4n) is 2.05. The molecule has 4 heteroatoms. The molecule has 1 fully saturated rings. The van der Waals surface area contributed by atoms with Crippen molar-refractivity contribution in [1.82, 2.24) is 5.32 Å². The summed E-state index contributed by atoms with van der Waals surface area (Å²) in [6, 6.07) is 8.56. The lowest BCUT2D eigenvalue weighted by Crippen LogP contribution is -2.40. The van der Waals surface area contributed by atoms with Gasteiger partial charge >= 0.3 is 0 Å². The van der Waals surface area contributed by atoms with Crippen molar-refractivity contribution >= 4 is 15.9 Å². The largest absolute Gasteiger partial charge is 0.376 e. The summed E-state index contributed by atoms with van der Waals surface area (Å²) in [5.74, 6) is 0. The molecule has 0 saturated carbocycles. The number of hydrogen-bond acceptors (Lipinski definition) is 3. The average Bonchev–Trinajstić information content (AvgIpc) is 2.38. The number of likely N-dealkylation sites (N-methyl/N-ethyl adjacent to an activating group) is 1. The van der Waals surface area contributed by atoms with Gasteiger partial charge in [0.05, 0.1) is 25.9 Å². The van der Waals surface area contributed by atoms with Gasteiger partial charge in [-0.25, -0.2) is 0 Å². The minimum Gasteiger partial charge on any atom is -0.376 e. The van der Waals surface area contributed by atoms with Crippen LogP contribution in [-0.4, -0.2) is 32.5 Å². The van der Waals surface area contributed by atoms with E-state index in [2.05, 4.69) is 52.4 Å². The zero-order chi connectivity index (χ0) is 12.1. The van der Waals surface area contributed by atoms with Crippen LogP contribution in [0.15, 0.2) is 28.7 Å². The smallest absolute Gasteiger partial charge is 0.100 e. The van der Waals surface area contributed by atoms with Crippen molar-refractivity contribution in [2.75, 3.05) is 26.4 Å². The fraction of sp³-hybridized carbons (Fsp3) is 0.538. The van der Waals surface area contributed by atoms with Gasteiger partial charge in [0.15, 0.2) is 0 Å². The molecule has 1 heterocycles. The maximum atomic E-state index is 5.78. The first-order chi connectivity index (χ1) is 8.31. The monoisotopic (exact) mass is 299 g/mol. The lowest BCUT2D eigenvalue weighted by atomic mass is 10.0. The van der Waals surface area contributed by atoms with Crippen LogP contribution in [-0.2, 0) is 9.47 Å². The van der Waals surface area contributed by atoms with Gasteiger partial charge in [0.1, 0.15) is 6.10 Å². The fourth-order valence-corrected chi connectivity index (χ4v) is 2.32. The molecule has 1 aromatic rings. The van der Waals surface area contributed by atoms with E-state index in [0.29, 0.717) is 19.8 Å². The summed E-state index contributed by atoms with van der Waals surface area (Å²) in [6.45, 7) is 5.07. The molecule has 17 heavy (non-hydrogen) atoms. The van der Waals surface area contributed by atoms with Gasteiger partial charge in [0.25, 0.3) is 0 Å². The van der Waals surface area contributed by atoms with Crippen LogP contribution in [0.2, 0.25) is 0 Å². The third-order valence-corrected chi connectivity index (χ3v) is 3.40. The van der Waals surface area contributed by atoms with Gasteiger partial charge in [-0.15, -0.1) is 0 Å². The Hall–Kier alpha value is -0.420. The second kappa shape index (κ2) is 6.50. The van der Waals surface area contributed by atoms with Crippen LogP contribution in [0.5, 0.6) is 0 Å². The predicted octanol–water partition coefficient (Wildman–Crippen LogP) is 2.52. The molecule has 2 atom stereocenters. The van der Waals surface area contributed by atoms with Crippen LogP contribution < -0.4 is 5.32 Å². The van der Waals surface area contributed by atoms with E-state index in [1.165, 1.54) is 5.56 Å². The van der Waals surface area contributed by atoms with Crippen molar-refractivity contribution in [3.8, 4) is 0 Å². The Morgan fingerprint density at radius 2 is 2.12 bits per heavy atom. The van der Waals surface area contributed by atoms with E-state index < -0.39 is 0 Å². The molecule has 2 unspecified atom stereocenters. The number of halogens is 1. The highest BCUT2D eigenvalue weighted by Crippen LogP contribution is 2.23. The van der Waals surface area contributed by atoms with Crippen molar-refractivity contribution in [3.63, 3.8) is 0 Å². The molecule has 0 radical (unpaired) electrons. The molecule has 2 rings (SSSR count). The quantitative estimate of drug-likeness (QED) is 0.927. The third kappa shape index (κ3) is 3.52. The summed E-state index contributed by atoms with van der Waals surface area (Å²) < 4.78 is 12.4. The van der Waals surface area contributed by atoms with E-state index >= 15 is 0 Å². The Morgan fingerprint density at radius 1 is 1.35 bits per heavy atom. The molecule has 1 aliphatic rings. The highest BCUT2D eigenvalue weighted by atomic mass is 79.9. The molecule has 0 aliphatic carbocycles. The van der Waals surface area contributed by atoms with Crippen LogP contribution in [0.1, 0.15) is 18.5 Å². The number of nitrogens with one attached hydrogen (secondary N) is 1. The topological polar surface area (TPSA) is 30.5 Å². The van der Waals surface area contributed by atoms with Crippen LogP contribution in [0, 0.1) is 0 Å². The second-order valence-electron chi connectivity index (χ2n) is 4.07. The molecule has 0 amide bonds. The molecular weight excluding hydrogens is 282 g/mol. The second-order valence-corrected chi connectivity index (χ2v) is 4.99. The molecule has 0 bridgehead atoms. The first-order valence-corrected chi connectivity index (χ1v) is 6.78. The first-order valence-electron chi connectivity index (χ1n) is 5.99. The highest BCUT2D eigenvalue weighted by molar-refractivity contribution is 9.10. The Bertz CT molecular complexity index is 336. The molecule has 1 aliphatic heterocycles. The number of ether oxygens (including phenoxy) is 2. The number of hydrogen-bond donors (Lipinski definition) is 1. The summed E-state index contributed by atoms with van der Waals surface area (Å²) in [6.07, 6.45) is 0.102. The minimum absolute atomic E-state index is 0.102. The third-order valence-electron chi connectivity index (χ3n) is 2.87. The van der Waals surface area contributed by atoms with Crippen molar-refractivity contribution in [1.29, 1.82) is 0 Å². The van der Waals surface area contributed by atoms with Crippen molar-refractivity contribution in [2.24, 2.45) is 0 Å². The predicted molar refractivity (Wildman–Crippen MR) is 71.1 cm³/mol. The van der Waals surface area contributed by atoms with Crippen LogP contribution >= 0.6 is 15.9 Å². The van der Waals surface area contributed by atoms with Crippen LogP contribution in [0.3, 0.4) is 0 Å². The molecule has 0 aromatic heterocycles. The van der Waals surface area contributed by atoms with Gasteiger partial charge in [-0.05, 0) is 24.2 Å². The normalized spacial score (nSPS) is 22.4. The molecule has 94 valence electrons. The van der Waals surface area contributed by atoms with Gasteiger partial charge in [0, 0.05) is 4.47 Å². The van der Waals surface area contributed by atoms with Crippen molar-refractivity contribution in [3.05, 3.63) is 34.3 Å². The molecule has 1 aromatic carbocycles. The van der Waals surface area contributed by atoms with Gasteiger partial charge in [-0.1, -0.05) is 35.0 Å². The molecule has 3 nitrogen and oxygen atoms in total. The van der Waals surface area contributed by atoms with Crippen molar-refractivity contribution < 1.29 is 9.47 Å². The standard InChI is InChI=1S/C13H18BrNO2/c1-2-15-13(12-9-16-7-8-17-12)10-3-5-11(14)6-4-10/h3-6,12-13,15H,2,7-9H2,1H3. The summed E-state index contributed by atoms with van der Waals surface area (Å²) >= 11 is 3.45. The summed E-state index contributed by atoms with van der Waals surface area (Å²) in [5, 5.41) is 3.47. The number of rotatable bonds is 4. The Labute approximate surface area is 111 Å². The van der Waals surface area contributed by atoms with E-state index in [4.69, 9.17) is 9.47 Å². The summed E-state index contributed by atoms with van der Waals surface area (Å²) in [5.41, 5.74) is 1.24. The summed E-state index contributed by atoms with van der Waals surface area (Å²) in [4.78, 5) is 0. The Morgan fingerprint density at radius 3 is 2.71 bits per heavy atom. The van der Waals surface area contributed by atoms with E-state index in [1.807, 2.05) is 0 Å². The molecule has 0 spiro atoms. The van der Waals surface area contributed by atoms with Gasteiger partial charge in [-0.3, -0.25) is 0 Å². The molecular formula is C13H18BrNO2. The molecule has 1 saturated heterocycles. The SMILES string of the molecule is CCNC(c1ccc(Br)cc1)C1COCCO1. The Balaban J connectivity index is 2.12. The van der Waals surface area contributed by atoms with Gasteiger partial charge in [0.2, 0.25) is 0 Å². The maximum Gasteiger partial charge on any atom is 0.100 e. The zero-order valence-electron chi connectivity index (χ0n) is 9.99. The highest BCUT2D eigenvalue weighted by Gasteiger charge is 2.25.